The first-order valence-corrected chi connectivity index (χ1v) is 6.18. The summed E-state index contributed by atoms with van der Waals surface area (Å²) >= 11 is 0. The lowest BCUT2D eigenvalue weighted by molar-refractivity contribution is -0.139. The number of carboxylic acid groups (broad SMARTS) is 1. The second-order valence-corrected chi connectivity index (χ2v) is 4.66. The van der Waals surface area contributed by atoms with Gasteiger partial charge in [0.05, 0.1) is 14.2 Å². The monoisotopic (exact) mass is 267 g/mol. The molecule has 1 atom stereocenters. The molecular formula is C14H21NO4. The van der Waals surface area contributed by atoms with Crippen molar-refractivity contribution in [3.63, 3.8) is 0 Å². The predicted octanol–water partition coefficient (Wildman–Crippen LogP) is 2.08. The van der Waals surface area contributed by atoms with Gasteiger partial charge in [-0.05, 0) is 18.5 Å². The maximum Gasteiger partial charge on any atom is 0.325 e. The Kier molecular flexibility index (Phi) is 5.63. The predicted molar refractivity (Wildman–Crippen MR) is 72.8 cm³/mol. The van der Waals surface area contributed by atoms with E-state index in [1.807, 2.05) is 13.8 Å². The van der Waals surface area contributed by atoms with Gasteiger partial charge in [-0.15, -0.1) is 0 Å². The first-order valence-electron chi connectivity index (χ1n) is 6.18. The number of carbonyl (C=O) groups is 1. The molecule has 0 saturated heterocycles. The maximum absolute atomic E-state index is 11.4. The normalized spacial score (nSPS) is 12.3. The molecule has 0 bridgehead atoms. The average Bonchev–Trinajstić information content (AvgIpc) is 2.37. The van der Waals surface area contributed by atoms with Crippen molar-refractivity contribution in [1.82, 2.24) is 5.32 Å². The Morgan fingerprint density at radius 1 is 1.32 bits per heavy atom. The molecule has 106 valence electrons. The third-order valence-electron chi connectivity index (χ3n) is 2.72. The highest BCUT2D eigenvalue weighted by atomic mass is 16.5. The Hall–Kier alpha value is -1.75. The standard InChI is InChI=1S/C14H21NO4/c1-9(2)8-15-12(14(16)17)10-6-5-7-11(18-3)13(10)19-4/h5-7,9,12,15H,8H2,1-4H3,(H,16,17). The molecule has 1 aromatic carbocycles. The van der Waals surface area contributed by atoms with Crippen LogP contribution in [0, 0.1) is 5.92 Å². The summed E-state index contributed by atoms with van der Waals surface area (Å²) in [6, 6.07) is 4.41. The molecule has 5 nitrogen and oxygen atoms in total. The van der Waals surface area contributed by atoms with Crippen LogP contribution in [0.25, 0.3) is 0 Å². The van der Waals surface area contributed by atoms with E-state index in [0.717, 1.165) is 0 Å². The number of rotatable bonds is 7. The second-order valence-electron chi connectivity index (χ2n) is 4.66. The van der Waals surface area contributed by atoms with E-state index in [2.05, 4.69) is 5.32 Å². The summed E-state index contributed by atoms with van der Waals surface area (Å²) in [4.78, 5) is 11.4. The van der Waals surface area contributed by atoms with E-state index < -0.39 is 12.0 Å². The van der Waals surface area contributed by atoms with Crippen LogP contribution in [0.3, 0.4) is 0 Å². The molecule has 0 aromatic heterocycles. The van der Waals surface area contributed by atoms with Crippen molar-refractivity contribution in [3.8, 4) is 11.5 Å². The summed E-state index contributed by atoms with van der Waals surface area (Å²) in [5, 5.41) is 12.4. The largest absolute Gasteiger partial charge is 0.493 e. The number of aliphatic carboxylic acids is 1. The summed E-state index contributed by atoms with van der Waals surface area (Å²) in [6.45, 7) is 4.65. The van der Waals surface area contributed by atoms with Crippen LogP contribution in [0.2, 0.25) is 0 Å². The lowest BCUT2D eigenvalue weighted by Crippen LogP contribution is -2.31. The van der Waals surface area contributed by atoms with Gasteiger partial charge in [-0.1, -0.05) is 26.0 Å². The number of carboxylic acids is 1. The number of methoxy groups -OCH3 is 2. The zero-order chi connectivity index (χ0) is 14.4. The van der Waals surface area contributed by atoms with Crippen molar-refractivity contribution in [1.29, 1.82) is 0 Å². The van der Waals surface area contributed by atoms with Gasteiger partial charge in [0.15, 0.2) is 11.5 Å². The molecule has 2 N–H and O–H groups in total. The Labute approximate surface area is 113 Å². The molecule has 1 unspecified atom stereocenters. The Balaban J connectivity index is 3.11. The molecule has 0 aliphatic rings. The van der Waals surface area contributed by atoms with Crippen LogP contribution >= 0.6 is 0 Å². The van der Waals surface area contributed by atoms with E-state index in [1.54, 1.807) is 18.2 Å². The summed E-state index contributed by atoms with van der Waals surface area (Å²) in [6.07, 6.45) is 0. The highest BCUT2D eigenvalue weighted by Crippen LogP contribution is 2.34. The van der Waals surface area contributed by atoms with Gasteiger partial charge in [-0.3, -0.25) is 4.79 Å². The van der Waals surface area contributed by atoms with Crippen LogP contribution < -0.4 is 14.8 Å². The lowest BCUT2D eigenvalue weighted by Gasteiger charge is -2.20. The van der Waals surface area contributed by atoms with E-state index in [4.69, 9.17) is 9.47 Å². The van der Waals surface area contributed by atoms with Gasteiger partial charge in [0.1, 0.15) is 6.04 Å². The third-order valence-corrected chi connectivity index (χ3v) is 2.72. The van der Waals surface area contributed by atoms with Gasteiger partial charge in [0.2, 0.25) is 0 Å². The summed E-state index contributed by atoms with van der Waals surface area (Å²) < 4.78 is 10.5. The maximum atomic E-state index is 11.4. The molecule has 0 amide bonds. The number of para-hydroxylation sites is 1. The summed E-state index contributed by atoms with van der Waals surface area (Å²) in [5.74, 6) is 0.400. The second kappa shape index (κ2) is 6.99. The van der Waals surface area contributed by atoms with Crippen molar-refractivity contribution >= 4 is 5.97 Å². The van der Waals surface area contributed by atoms with Crippen LogP contribution in [0.1, 0.15) is 25.5 Å². The van der Waals surface area contributed by atoms with E-state index in [9.17, 15) is 9.90 Å². The molecule has 1 rings (SSSR count). The molecule has 0 aliphatic heterocycles. The quantitative estimate of drug-likeness (QED) is 0.791. The summed E-state index contributed by atoms with van der Waals surface area (Å²) in [5.41, 5.74) is 0.565. The average molecular weight is 267 g/mol. The highest BCUT2D eigenvalue weighted by molar-refractivity contribution is 5.77. The molecule has 5 heteroatoms. The van der Waals surface area contributed by atoms with E-state index in [0.29, 0.717) is 29.5 Å². The zero-order valence-electron chi connectivity index (χ0n) is 11.8. The van der Waals surface area contributed by atoms with Gasteiger partial charge in [0, 0.05) is 5.56 Å². The fraction of sp³-hybridized carbons (Fsp3) is 0.500. The van der Waals surface area contributed by atoms with Crippen LogP contribution in [-0.4, -0.2) is 31.8 Å². The first-order chi connectivity index (χ1) is 9.01. The SMILES string of the molecule is COc1cccc(C(NCC(C)C)C(=O)O)c1OC. The molecule has 0 fully saturated rings. The number of nitrogens with one attached hydrogen (secondary N) is 1. The van der Waals surface area contributed by atoms with Crippen molar-refractivity contribution < 1.29 is 19.4 Å². The van der Waals surface area contributed by atoms with Gasteiger partial charge < -0.3 is 19.9 Å². The lowest BCUT2D eigenvalue weighted by atomic mass is 10.0. The Morgan fingerprint density at radius 3 is 2.47 bits per heavy atom. The minimum atomic E-state index is -0.938. The smallest absolute Gasteiger partial charge is 0.325 e. The van der Waals surface area contributed by atoms with Gasteiger partial charge in [0.25, 0.3) is 0 Å². The number of hydrogen-bond acceptors (Lipinski definition) is 4. The summed E-state index contributed by atoms with van der Waals surface area (Å²) in [7, 11) is 3.03. The molecule has 0 heterocycles. The molecule has 0 saturated carbocycles. The first kappa shape index (κ1) is 15.3. The van der Waals surface area contributed by atoms with Crippen molar-refractivity contribution in [2.75, 3.05) is 20.8 Å². The number of hydrogen-bond donors (Lipinski definition) is 2. The molecule has 0 radical (unpaired) electrons. The van der Waals surface area contributed by atoms with Crippen LogP contribution in [-0.2, 0) is 4.79 Å². The molecule has 0 aliphatic carbocycles. The zero-order valence-corrected chi connectivity index (χ0v) is 11.8. The van der Waals surface area contributed by atoms with Crippen molar-refractivity contribution in [3.05, 3.63) is 23.8 Å². The molecule has 1 aromatic rings. The minimum absolute atomic E-state index is 0.360. The topological polar surface area (TPSA) is 67.8 Å². The fourth-order valence-corrected chi connectivity index (χ4v) is 1.82. The van der Waals surface area contributed by atoms with E-state index in [-0.39, 0.29) is 0 Å². The Morgan fingerprint density at radius 2 is 2.00 bits per heavy atom. The molecule has 19 heavy (non-hydrogen) atoms. The van der Waals surface area contributed by atoms with Crippen molar-refractivity contribution in [2.45, 2.75) is 19.9 Å². The van der Waals surface area contributed by atoms with E-state index in [1.165, 1.54) is 14.2 Å². The van der Waals surface area contributed by atoms with Crippen LogP contribution in [0.5, 0.6) is 11.5 Å². The van der Waals surface area contributed by atoms with Gasteiger partial charge >= 0.3 is 5.97 Å². The van der Waals surface area contributed by atoms with E-state index >= 15 is 0 Å². The van der Waals surface area contributed by atoms with Crippen LogP contribution in [0.15, 0.2) is 18.2 Å². The highest BCUT2D eigenvalue weighted by Gasteiger charge is 2.24. The number of ether oxygens (including phenoxy) is 2. The Bertz CT molecular complexity index is 431. The van der Waals surface area contributed by atoms with Gasteiger partial charge in [-0.2, -0.15) is 0 Å². The van der Waals surface area contributed by atoms with Crippen molar-refractivity contribution in [2.24, 2.45) is 5.92 Å². The molecule has 0 spiro atoms. The minimum Gasteiger partial charge on any atom is -0.493 e. The third kappa shape index (κ3) is 3.86. The van der Waals surface area contributed by atoms with Crippen LogP contribution in [0.4, 0.5) is 0 Å². The number of benzene rings is 1. The molecular weight excluding hydrogens is 246 g/mol. The fourth-order valence-electron chi connectivity index (χ4n) is 1.82. The van der Waals surface area contributed by atoms with Gasteiger partial charge in [-0.25, -0.2) is 0 Å².